The molecule has 2 fully saturated rings. The molecule has 0 saturated heterocycles. The molecule has 0 aromatic rings. The van der Waals surface area contributed by atoms with Gasteiger partial charge in [-0.2, -0.15) is 0 Å². The first-order chi connectivity index (χ1) is 5.86. The van der Waals surface area contributed by atoms with Crippen LogP contribution in [-0.4, -0.2) is 11.2 Å². The number of hydrogen-bond acceptors (Lipinski definition) is 1. The maximum Gasteiger partial charge on any atom is 0.0543 e. The molecule has 2 atom stereocenters. The minimum atomic E-state index is 0.0318. The third-order valence-corrected chi connectivity index (χ3v) is 3.75. The molecule has 2 aliphatic carbocycles. The molecule has 2 saturated carbocycles. The van der Waals surface area contributed by atoms with Crippen LogP contribution in [-0.2, 0) is 0 Å². The van der Waals surface area contributed by atoms with Crippen LogP contribution >= 0.6 is 0 Å². The molecule has 0 unspecified atom stereocenters. The maximum atomic E-state index is 9.54. The topological polar surface area (TPSA) is 20.2 Å². The largest absolute Gasteiger partial charge is 0.393 e. The molecule has 1 N–H and O–H groups in total. The van der Waals surface area contributed by atoms with E-state index in [4.69, 9.17) is 0 Å². The van der Waals surface area contributed by atoms with Crippen LogP contribution in [0.3, 0.4) is 0 Å². The second-order valence-electron chi connectivity index (χ2n) is 4.63. The van der Waals surface area contributed by atoms with Gasteiger partial charge in [-0.25, -0.2) is 0 Å². The lowest BCUT2D eigenvalue weighted by molar-refractivity contribution is 0.0805. The molecule has 1 heteroatoms. The summed E-state index contributed by atoms with van der Waals surface area (Å²) in [5, 5.41) is 9.54. The Morgan fingerprint density at radius 2 is 1.42 bits per heavy atom. The molecule has 0 amide bonds. The fraction of sp³-hybridized carbons (Fsp3) is 1.00. The van der Waals surface area contributed by atoms with Gasteiger partial charge in [0.25, 0.3) is 0 Å². The average molecular weight is 168 g/mol. The van der Waals surface area contributed by atoms with Gasteiger partial charge in [-0.3, -0.25) is 0 Å². The smallest absolute Gasteiger partial charge is 0.0543 e. The highest BCUT2D eigenvalue weighted by Crippen LogP contribution is 2.39. The molecular formula is C11H20O. The standard InChI is InChI=1S/C11H20O/c12-11-7-3-6-10(8-11)9-4-1-2-5-9/h9-12H,1-8H2/t10-,11+/m1/s1. The molecule has 0 spiro atoms. The Hall–Kier alpha value is -0.0400. The second-order valence-corrected chi connectivity index (χ2v) is 4.63. The first kappa shape index (κ1) is 8.55. The molecule has 1 nitrogen and oxygen atoms in total. The first-order valence-corrected chi connectivity index (χ1v) is 5.54. The van der Waals surface area contributed by atoms with Crippen LogP contribution in [0.5, 0.6) is 0 Å². The molecule has 12 heavy (non-hydrogen) atoms. The van der Waals surface area contributed by atoms with E-state index in [-0.39, 0.29) is 6.10 Å². The highest BCUT2D eigenvalue weighted by molar-refractivity contribution is 4.80. The normalized spacial score (nSPS) is 38.8. The summed E-state index contributed by atoms with van der Waals surface area (Å²) >= 11 is 0. The Balaban J connectivity index is 1.85. The zero-order chi connectivity index (χ0) is 8.39. The Labute approximate surface area is 75.2 Å². The van der Waals surface area contributed by atoms with Crippen LogP contribution in [0, 0.1) is 11.8 Å². The van der Waals surface area contributed by atoms with Crippen molar-refractivity contribution in [3.05, 3.63) is 0 Å². The number of aliphatic hydroxyl groups excluding tert-OH is 1. The van der Waals surface area contributed by atoms with Gasteiger partial charge in [0.1, 0.15) is 0 Å². The molecule has 0 bridgehead atoms. The average Bonchev–Trinajstić information content (AvgIpc) is 2.56. The van der Waals surface area contributed by atoms with Crippen molar-refractivity contribution >= 4 is 0 Å². The zero-order valence-electron chi connectivity index (χ0n) is 7.84. The van der Waals surface area contributed by atoms with Crippen molar-refractivity contribution < 1.29 is 5.11 Å². The summed E-state index contributed by atoms with van der Waals surface area (Å²) in [6, 6.07) is 0. The quantitative estimate of drug-likeness (QED) is 0.638. The van der Waals surface area contributed by atoms with Crippen molar-refractivity contribution in [2.45, 2.75) is 57.5 Å². The van der Waals surface area contributed by atoms with Crippen molar-refractivity contribution in [1.82, 2.24) is 0 Å². The molecule has 0 radical (unpaired) electrons. The van der Waals surface area contributed by atoms with Gasteiger partial charge in [-0.05, 0) is 31.1 Å². The lowest BCUT2D eigenvalue weighted by Crippen LogP contribution is -2.24. The molecule has 0 aromatic carbocycles. The third kappa shape index (κ3) is 1.82. The van der Waals surface area contributed by atoms with Gasteiger partial charge in [-0.15, -0.1) is 0 Å². The van der Waals surface area contributed by atoms with Crippen molar-refractivity contribution in [3.63, 3.8) is 0 Å². The molecular weight excluding hydrogens is 148 g/mol. The van der Waals surface area contributed by atoms with Crippen LogP contribution in [0.1, 0.15) is 51.4 Å². The third-order valence-electron chi connectivity index (χ3n) is 3.75. The van der Waals surface area contributed by atoms with E-state index >= 15 is 0 Å². The highest BCUT2D eigenvalue weighted by atomic mass is 16.3. The van der Waals surface area contributed by atoms with Crippen LogP contribution < -0.4 is 0 Å². The Kier molecular flexibility index (Phi) is 2.69. The van der Waals surface area contributed by atoms with Crippen LogP contribution in [0.2, 0.25) is 0 Å². The van der Waals surface area contributed by atoms with E-state index in [1.54, 1.807) is 0 Å². The minimum absolute atomic E-state index is 0.0318. The van der Waals surface area contributed by atoms with Crippen LogP contribution in [0.4, 0.5) is 0 Å². The summed E-state index contributed by atoms with van der Waals surface area (Å²) in [4.78, 5) is 0. The van der Waals surface area contributed by atoms with Crippen molar-refractivity contribution in [2.24, 2.45) is 11.8 Å². The van der Waals surface area contributed by atoms with Gasteiger partial charge in [0.2, 0.25) is 0 Å². The molecule has 0 aromatic heterocycles. The summed E-state index contributed by atoms with van der Waals surface area (Å²) in [6.45, 7) is 0. The number of rotatable bonds is 1. The molecule has 0 aliphatic heterocycles. The van der Waals surface area contributed by atoms with Crippen LogP contribution in [0.25, 0.3) is 0 Å². The van der Waals surface area contributed by atoms with E-state index in [1.807, 2.05) is 0 Å². The predicted molar refractivity (Wildman–Crippen MR) is 49.9 cm³/mol. The Bertz CT molecular complexity index is 138. The van der Waals surface area contributed by atoms with E-state index < -0.39 is 0 Å². The van der Waals surface area contributed by atoms with Gasteiger partial charge >= 0.3 is 0 Å². The second kappa shape index (κ2) is 3.78. The molecule has 2 rings (SSSR count). The van der Waals surface area contributed by atoms with E-state index in [1.165, 1.54) is 38.5 Å². The lowest BCUT2D eigenvalue weighted by Gasteiger charge is -2.30. The minimum Gasteiger partial charge on any atom is -0.393 e. The monoisotopic (exact) mass is 168 g/mol. The zero-order valence-corrected chi connectivity index (χ0v) is 7.84. The lowest BCUT2D eigenvalue weighted by atomic mass is 9.78. The molecule has 70 valence electrons. The van der Waals surface area contributed by atoms with E-state index in [0.717, 1.165) is 24.7 Å². The van der Waals surface area contributed by atoms with E-state index in [2.05, 4.69) is 0 Å². The van der Waals surface area contributed by atoms with E-state index in [0.29, 0.717) is 0 Å². The van der Waals surface area contributed by atoms with Crippen LogP contribution in [0.15, 0.2) is 0 Å². The van der Waals surface area contributed by atoms with Gasteiger partial charge in [0.05, 0.1) is 6.10 Å². The summed E-state index contributed by atoms with van der Waals surface area (Å²) < 4.78 is 0. The van der Waals surface area contributed by atoms with Gasteiger partial charge in [0.15, 0.2) is 0 Å². The van der Waals surface area contributed by atoms with Gasteiger partial charge in [0, 0.05) is 0 Å². The fourth-order valence-electron chi connectivity index (χ4n) is 3.06. The summed E-state index contributed by atoms with van der Waals surface area (Å²) in [5.74, 6) is 1.84. The molecule has 2 aliphatic rings. The summed E-state index contributed by atoms with van der Waals surface area (Å²) in [7, 11) is 0. The first-order valence-electron chi connectivity index (χ1n) is 5.54. The highest BCUT2D eigenvalue weighted by Gasteiger charge is 2.29. The van der Waals surface area contributed by atoms with Crippen molar-refractivity contribution in [1.29, 1.82) is 0 Å². The fourth-order valence-corrected chi connectivity index (χ4v) is 3.06. The molecule has 0 heterocycles. The maximum absolute atomic E-state index is 9.54. The van der Waals surface area contributed by atoms with Crippen molar-refractivity contribution in [2.75, 3.05) is 0 Å². The number of hydrogen-bond donors (Lipinski definition) is 1. The number of aliphatic hydroxyl groups is 1. The summed E-state index contributed by atoms with van der Waals surface area (Å²) in [6.07, 6.45) is 10.6. The predicted octanol–water partition coefficient (Wildman–Crippen LogP) is 2.73. The van der Waals surface area contributed by atoms with E-state index in [9.17, 15) is 5.11 Å². The summed E-state index contributed by atoms with van der Waals surface area (Å²) in [5.41, 5.74) is 0. The van der Waals surface area contributed by atoms with Crippen molar-refractivity contribution in [3.8, 4) is 0 Å². The Morgan fingerprint density at radius 1 is 0.750 bits per heavy atom. The van der Waals surface area contributed by atoms with Gasteiger partial charge in [-0.1, -0.05) is 32.1 Å². The SMILES string of the molecule is O[C@H]1CCC[C@@H](C2CCCC2)C1. The Morgan fingerprint density at radius 3 is 2.08 bits per heavy atom. The van der Waals surface area contributed by atoms with Gasteiger partial charge < -0.3 is 5.11 Å².